The van der Waals surface area contributed by atoms with E-state index in [4.69, 9.17) is 23.2 Å². The van der Waals surface area contributed by atoms with Crippen molar-refractivity contribution in [2.75, 3.05) is 27.2 Å². The molecule has 0 N–H and O–H groups in total. The molecule has 0 spiro atoms. The molecule has 74 valence electrons. The standard InChI is InChI=1S/C10H16Cl2N/c1-13(2)5-7-3-4-9(11)10(12)8(7)6-13/h7-8H,3-6H2,1-2H3/q+1/t7-,8-/m1/s1. The first kappa shape index (κ1) is 9.82. The number of halogens is 2. The van der Waals surface area contributed by atoms with Crippen LogP contribution in [0, 0.1) is 11.8 Å². The van der Waals surface area contributed by atoms with Crippen LogP contribution in [0.3, 0.4) is 0 Å². The Kier molecular flexibility index (Phi) is 2.38. The normalized spacial score (nSPS) is 37.8. The highest BCUT2D eigenvalue weighted by Crippen LogP contribution is 2.44. The second-order valence-electron chi connectivity index (χ2n) is 4.96. The van der Waals surface area contributed by atoms with Gasteiger partial charge in [0.2, 0.25) is 0 Å². The van der Waals surface area contributed by atoms with Gasteiger partial charge in [0.05, 0.1) is 33.1 Å². The molecule has 2 atom stereocenters. The molecular formula is C10H16Cl2N+. The lowest BCUT2D eigenvalue weighted by Crippen LogP contribution is -2.36. The highest BCUT2D eigenvalue weighted by molar-refractivity contribution is 6.39. The lowest BCUT2D eigenvalue weighted by molar-refractivity contribution is -0.880. The molecule has 0 aromatic carbocycles. The summed E-state index contributed by atoms with van der Waals surface area (Å²) in [5.74, 6) is 1.31. The summed E-state index contributed by atoms with van der Waals surface area (Å²) >= 11 is 12.3. The van der Waals surface area contributed by atoms with E-state index in [1.807, 2.05) is 0 Å². The van der Waals surface area contributed by atoms with Gasteiger partial charge >= 0.3 is 0 Å². The maximum atomic E-state index is 6.23. The second-order valence-corrected chi connectivity index (χ2v) is 5.82. The van der Waals surface area contributed by atoms with Crippen LogP contribution in [-0.2, 0) is 0 Å². The third-order valence-electron chi connectivity index (χ3n) is 3.31. The largest absolute Gasteiger partial charge is 0.328 e. The van der Waals surface area contributed by atoms with E-state index in [-0.39, 0.29) is 0 Å². The molecule has 1 heterocycles. The molecule has 0 aromatic rings. The van der Waals surface area contributed by atoms with E-state index < -0.39 is 0 Å². The van der Waals surface area contributed by atoms with Crippen LogP contribution >= 0.6 is 23.2 Å². The molecular weight excluding hydrogens is 205 g/mol. The number of allylic oxidation sites excluding steroid dienone is 1. The zero-order valence-corrected chi connectivity index (χ0v) is 9.70. The Morgan fingerprint density at radius 2 is 1.92 bits per heavy atom. The smallest absolute Gasteiger partial charge is 0.0866 e. The summed E-state index contributed by atoms with van der Waals surface area (Å²) in [5, 5.41) is 1.85. The van der Waals surface area contributed by atoms with Crippen molar-refractivity contribution in [1.82, 2.24) is 0 Å². The first-order valence-electron chi connectivity index (χ1n) is 4.86. The molecule has 0 amide bonds. The van der Waals surface area contributed by atoms with E-state index in [1.54, 1.807) is 0 Å². The number of fused-ring (bicyclic) bond motifs is 1. The number of rotatable bonds is 0. The molecule has 2 aliphatic rings. The highest BCUT2D eigenvalue weighted by Gasteiger charge is 2.44. The van der Waals surface area contributed by atoms with Crippen LogP contribution in [0.1, 0.15) is 12.8 Å². The molecule has 3 heteroatoms. The van der Waals surface area contributed by atoms with Crippen molar-refractivity contribution in [1.29, 1.82) is 0 Å². The lowest BCUT2D eigenvalue weighted by Gasteiger charge is -2.23. The Labute approximate surface area is 89.9 Å². The monoisotopic (exact) mass is 220 g/mol. The van der Waals surface area contributed by atoms with E-state index >= 15 is 0 Å². The van der Waals surface area contributed by atoms with Crippen LogP contribution in [-0.4, -0.2) is 31.7 Å². The van der Waals surface area contributed by atoms with E-state index in [9.17, 15) is 0 Å². The van der Waals surface area contributed by atoms with Gasteiger partial charge in [-0.1, -0.05) is 23.2 Å². The molecule has 1 aliphatic carbocycles. The van der Waals surface area contributed by atoms with Crippen molar-refractivity contribution in [3.05, 3.63) is 10.1 Å². The zero-order valence-electron chi connectivity index (χ0n) is 8.19. The van der Waals surface area contributed by atoms with Crippen LogP contribution in [0.25, 0.3) is 0 Å². The molecule has 2 rings (SSSR count). The van der Waals surface area contributed by atoms with Crippen molar-refractivity contribution >= 4 is 23.2 Å². The zero-order chi connectivity index (χ0) is 9.64. The minimum Gasteiger partial charge on any atom is -0.328 e. The average Bonchev–Trinajstić information content (AvgIpc) is 2.34. The first-order chi connectivity index (χ1) is 5.99. The summed E-state index contributed by atoms with van der Waals surface area (Å²) in [4.78, 5) is 0. The van der Waals surface area contributed by atoms with Crippen molar-refractivity contribution < 1.29 is 4.48 Å². The average molecular weight is 221 g/mol. The molecule has 0 saturated carbocycles. The number of nitrogens with zero attached hydrogens (tertiary/aromatic N) is 1. The van der Waals surface area contributed by atoms with Crippen molar-refractivity contribution in [3.63, 3.8) is 0 Å². The molecule has 1 aliphatic heterocycles. The van der Waals surface area contributed by atoms with Crippen molar-refractivity contribution in [2.45, 2.75) is 12.8 Å². The third-order valence-corrected chi connectivity index (χ3v) is 4.31. The molecule has 0 aromatic heterocycles. The van der Waals surface area contributed by atoms with Crippen molar-refractivity contribution in [2.24, 2.45) is 11.8 Å². The number of hydrogen-bond donors (Lipinski definition) is 0. The Morgan fingerprint density at radius 1 is 1.23 bits per heavy atom. The Morgan fingerprint density at radius 3 is 2.62 bits per heavy atom. The SMILES string of the molecule is C[N+]1(C)C[C@H]2CCC(Cl)=C(Cl)[C@@H]2C1. The fraction of sp³-hybridized carbons (Fsp3) is 0.800. The van der Waals surface area contributed by atoms with Gasteiger partial charge < -0.3 is 4.48 Å². The lowest BCUT2D eigenvalue weighted by atomic mass is 9.86. The second kappa shape index (κ2) is 3.15. The van der Waals surface area contributed by atoms with E-state index in [0.717, 1.165) is 33.4 Å². The van der Waals surface area contributed by atoms with Crippen LogP contribution in [0.15, 0.2) is 10.1 Å². The van der Waals surface area contributed by atoms with E-state index in [2.05, 4.69) is 14.1 Å². The summed E-state index contributed by atoms with van der Waals surface area (Å²) in [7, 11) is 4.55. The molecule has 13 heavy (non-hydrogen) atoms. The number of likely N-dealkylation sites (tertiary alicyclic amines) is 1. The summed E-state index contributed by atoms with van der Waals surface area (Å²) in [6.07, 6.45) is 2.21. The maximum absolute atomic E-state index is 6.23. The molecule has 0 radical (unpaired) electrons. The van der Waals surface area contributed by atoms with Crippen LogP contribution in [0.2, 0.25) is 0 Å². The van der Waals surface area contributed by atoms with Crippen LogP contribution < -0.4 is 0 Å². The molecule has 1 fully saturated rings. The molecule has 1 saturated heterocycles. The van der Waals surface area contributed by atoms with Gasteiger partial charge in [0, 0.05) is 16.0 Å². The maximum Gasteiger partial charge on any atom is 0.0866 e. The highest BCUT2D eigenvalue weighted by atomic mass is 35.5. The van der Waals surface area contributed by atoms with Crippen molar-refractivity contribution in [3.8, 4) is 0 Å². The first-order valence-corrected chi connectivity index (χ1v) is 5.61. The molecule has 0 unspecified atom stereocenters. The van der Waals surface area contributed by atoms with Gasteiger partial charge in [-0.2, -0.15) is 0 Å². The Bertz CT molecular complexity index is 258. The Balaban J connectivity index is 2.24. The van der Waals surface area contributed by atoms with Crippen LogP contribution in [0.4, 0.5) is 0 Å². The summed E-state index contributed by atoms with van der Waals surface area (Å²) in [6, 6.07) is 0. The predicted molar refractivity (Wildman–Crippen MR) is 56.8 cm³/mol. The summed E-state index contributed by atoms with van der Waals surface area (Å²) < 4.78 is 1.09. The minimum absolute atomic E-state index is 0.540. The molecule has 0 bridgehead atoms. The molecule has 1 nitrogen and oxygen atoms in total. The fourth-order valence-corrected chi connectivity index (χ4v) is 3.32. The van der Waals surface area contributed by atoms with Gasteiger partial charge in [0.1, 0.15) is 0 Å². The van der Waals surface area contributed by atoms with Gasteiger partial charge in [-0.3, -0.25) is 0 Å². The van der Waals surface area contributed by atoms with Crippen LogP contribution in [0.5, 0.6) is 0 Å². The van der Waals surface area contributed by atoms with Gasteiger partial charge in [-0.05, 0) is 12.8 Å². The van der Waals surface area contributed by atoms with E-state index in [1.165, 1.54) is 13.0 Å². The summed E-state index contributed by atoms with van der Waals surface area (Å²) in [6.45, 7) is 2.41. The quantitative estimate of drug-likeness (QED) is 0.552. The number of quaternary nitrogens is 1. The minimum atomic E-state index is 0.540. The Hall–Kier alpha value is 0.280. The predicted octanol–water partition coefficient (Wildman–Crippen LogP) is 2.79. The van der Waals surface area contributed by atoms with Gasteiger partial charge in [-0.15, -0.1) is 0 Å². The van der Waals surface area contributed by atoms with Gasteiger partial charge in [0.15, 0.2) is 0 Å². The third kappa shape index (κ3) is 1.74. The van der Waals surface area contributed by atoms with E-state index in [0.29, 0.717) is 5.92 Å². The van der Waals surface area contributed by atoms with Gasteiger partial charge in [0.25, 0.3) is 0 Å². The topological polar surface area (TPSA) is 0 Å². The summed E-state index contributed by atoms with van der Waals surface area (Å²) in [5.41, 5.74) is 0. The number of hydrogen-bond acceptors (Lipinski definition) is 0. The van der Waals surface area contributed by atoms with Gasteiger partial charge in [-0.25, -0.2) is 0 Å². The fourth-order valence-electron chi connectivity index (χ4n) is 2.73.